The molecule has 3 heteroatoms. The Bertz CT molecular complexity index is 286. The van der Waals surface area contributed by atoms with Gasteiger partial charge >= 0.3 is 0 Å². The van der Waals surface area contributed by atoms with Gasteiger partial charge in [-0.25, -0.2) is 0 Å². The topological polar surface area (TPSA) is 16.1 Å². The van der Waals surface area contributed by atoms with Crippen LogP contribution in [0.15, 0.2) is 18.5 Å². The maximum absolute atomic E-state index is 4.28. The van der Waals surface area contributed by atoms with Crippen LogP contribution in [-0.2, 0) is 6.54 Å². The van der Waals surface area contributed by atoms with E-state index in [0.29, 0.717) is 6.71 Å². The second kappa shape index (κ2) is 5.15. The molecule has 0 aliphatic carbocycles. The maximum atomic E-state index is 4.28. The summed E-state index contributed by atoms with van der Waals surface area (Å²) in [7, 11) is 4.16. The molecule has 0 saturated carbocycles. The van der Waals surface area contributed by atoms with Gasteiger partial charge in [0.15, 0.2) is 6.71 Å². The van der Waals surface area contributed by atoms with Crippen molar-refractivity contribution in [3.8, 4) is 0 Å². The van der Waals surface area contributed by atoms with Gasteiger partial charge in [0.25, 0.3) is 0 Å². The average molecular weight is 190 g/mol. The van der Waals surface area contributed by atoms with E-state index >= 15 is 0 Å². The lowest BCUT2D eigenvalue weighted by Gasteiger charge is -2.11. The Labute approximate surface area is 87.4 Å². The molecule has 0 radical (unpaired) electrons. The number of hydrogen-bond acceptors (Lipinski definition) is 2. The molecule has 0 aliphatic rings. The second-order valence-electron chi connectivity index (χ2n) is 4.17. The summed E-state index contributed by atoms with van der Waals surface area (Å²) in [6.07, 6.45) is 5.10. The number of nitrogens with zero attached hydrogens (tertiary/aromatic N) is 2. The Kier molecular flexibility index (Phi) is 4.14. The zero-order valence-electron chi connectivity index (χ0n) is 9.62. The van der Waals surface area contributed by atoms with Crippen molar-refractivity contribution in [2.24, 2.45) is 0 Å². The van der Waals surface area contributed by atoms with Crippen molar-refractivity contribution in [1.82, 2.24) is 9.88 Å². The van der Waals surface area contributed by atoms with Crippen molar-refractivity contribution < 1.29 is 0 Å². The van der Waals surface area contributed by atoms with Crippen molar-refractivity contribution in [1.29, 1.82) is 0 Å². The van der Waals surface area contributed by atoms with Crippen LogP contribution >= 0.6 is 0 Å². The number of pyridine rings is 1. The first-order valence-electron chi connectivity index (χ1n) is 5.22. The van der Waals surface area contributed by atoms with E-state index in [0.717, 1.165) is 6.54 Å². The van der Waals surface area contributed by atoms with Crippen LogP contribution in [0.2, 0.25) is 13.1 Å². The number of hydrogen-bond donors (Lipinski definition) is 0. The van der Waals surface area contributed by atoms with Gasteiger partial charge in [-0.05, 0) is 19.7 Å². The molecule has 1 aromatic rings. The number of rotatable bonds is 4. The predicted octanol–water partition coefficient (Wildman–Crippen LogP) is 1.49. The molecule has 14 heavy (non-hydrogen) atoms. The summed E-state index contributed by atoms with van der Waals surface area (Å²) >= 11 is 0. The Morgan fingerprint density at radius 2 is 2.07 bits per heavy atom. The molecule has 0 fully saturated rings. The standard InChI is InChI=1S/C11H19BN2/c1-5-12(2)11-6-10(7-13-8-11)9-14(3)4/h6-8H,5,9H2,1-4H3. The molecule has 0 N–H and O–H groups in total. The Balaban J connectivity index is 2.78. The Morgan fingerprint density at radius 3 is 2.64 bits per heavy atom. The monoisotopic (exact) mass is 190 g/mol. The zero-order chi connectivity index (χ0) is 10.6. The van der Waals surface area contributed by atoms with E-state index < -0.39 is 0 Å². The van der Waals surface area contributed by atoms with E-state index in [9.17, 15) is 0 Å². The van der Waals surface area contributed by atoms with Gasteiger partial charge in [-0.2, -0.15) is 0 Å². The van der Waals surface area contributed by atoms with Gasteiger partial charge in [0.05, 0.1) is 0 Å². The molecule has 0 aromatic carbocycles. The highest BCUT2D eigenvalue weighted by atomic mass is 15.0. The summed E-state index contributed by atoms with van der Waals surface area (Å²) in [6.45, 7) is 6.04. The van der Waals surface area contributed by atoms with Gasteiger partial charge in [-0.3, -0.25) is 4.98 Å². The van der Waals surface area contributed by atoms with Crippen molar-refractivity contribution in [3.63, 3.8) is 0 Å². The summed E-state index contributed by atoms with van der Waals surface area (Å²) in [5.74, 6) is 0. The molecule has 0 amide bonds. The molecule has 0 aliphatic heterocycles. The van der Waals surface area contributed by atoms with E-state index in [-0.39, 0.29) is 0 Å². The van der Waals surface area contributed by atoms with Crippen LogP contribution in [0.4, 0.5) is 0 Å². The van der Waals surface area contributed by atoms with Gasteiger partial charge in [-0.1, -0.05) is 31.6 Å². The minimum atomic E-state index is 0.615. The smallest absolute Gasteiger partial charge is 0.174 e. The molecule has 0 spiro atoms. The summed E-state index contributed by atoms with van der Waals surface area (Å²) in [5, 5.41) is 0. The highest BCUT2D eigenvalue weighted by molar-refractivity contribution is 6.71. The molecular formula is C11H19BN2. The van der Waals surface area contributed by atoms with Crippen LogP contribution in [0.3, 0.4) is 0 Å². The van der Waals surface area contributed by atoms with E-state index in [1.54, 1.807) is 0 Å². The molecule has 0 atom stereocenters. The van der Waals surface area contributed by atoms with Crippen LogP contribution < -0.4 is 5.46 Å². The minimum absolute atomic E-state index is 0.615. The van der Waals surface area contributed by atoms with Crippen LogP contribution in [0.1, 0.15) is 12.5 Å². The van der Waals surface area contributed by atoms with Gasteiger partial charge in [0.2, 0.25) is 0 Å². The van der Waals surface area contributed by atoms with Crippen molar-refractivity contribution in [2.75, 3.05) is 14.1 Å². The van der Waals surface area contributed by atoms with Gasteiger partial charge in [0.1, 0.15) is 0 Å². The van der Waals surface area contributed by atoms with Crippen LogP contribution in [0.25, 0.3) is 0 Å². The van der Waals surface area contributed by atoms with Crippen LogP contribution in [0.5, 0.6) is 0 Å². The van der Waals surface area contributed by atoms with Crippen molar-refractivity contribution in [2.45, 2.75) is 26.6 Å². The third-order valence-corrected chi connectivity index (χ3v) is 2.50. The lowest BCUT2D eigenvalue weighted by atomic mass is 9.45. The Morgan fingerprint density at radius 1 is 1.36 bits per heavy atom. The third-order valence-electron chi connectivity index (χ3n) is 2.50. The average Bonchev–Trinajstić information content (AvgIpc) is 2.16. The Hall–Kier alpha value is -0.825. The van der Waals surface area contributed by atoms with Gasteiger partial charge < -0.3 is 4.90 Å². The molecule has 0 unspecified atom stereocenters. The SMILES string of the molecule is CCB(C)c1cncc(CN(C)C)c1. The highest BCUT2D eigenvalue weighted by Gasteiger charge is 2.08. The zero-order valence-corrected chi connectivity index (χ0v) is 9.62. The van der Waals surface area contributed by atoms with Crippen LogP contribution in [-0.4, -0.2) is 30.7 Å². The first-order valence-corrected chi connectivity index (χ1v) is 5.22. The molecule has 0 bridgehead atoms. The van der Waals surface area contributed by atoms with E-state index in [2.05, 4.69) is 43.8 Å². The van der Waals surface area contributed by atoms with Gasteiger partial charge in [-0.15, -0.1) is 0 Å². The molecule has 0 saturated heterocycles. The van der Waals surface area contributed by atoms with E-state index in [1.165, 1.54) is 17.3 Å². The molecule has 2 nitrogen and oxygen atoms in total. The summed E-state index contributed by atoms with van der Waals surface area (Å²) in [5.41, 5.74) is 2.65. The fourth-order valence-electron chi connectivity index (χ4n) is 1.46. The van der Waals surface area contributed by atoms with E-state index in [1.807, 2.05) is 12.4 Å². The molecule has 1 rings (SSSR count). The highest BCUT2D eigenvalue weighted by Crippen LogP contribution is 2.00. The lowest BCUT2D eigenvalue weighted by molar-refractivity contribution is 0.402. The van der Waals surface area contributed by atoms with Crippen LogP contribution in [0, 0.1) is 0 Å². The maximum Gasteiger partial charge on any atom is 0.174 e. The van der Waals surface area contributed by atoms with E-state index in [4.69, 9.17) is 0 Å². The predicted molar refractivity (Wildman–Crippen MR) is 63.4 cm³/mol. The quantitative estimate of drug-likeness (QED) is 0.668. The fourth-order valence-corrected chi connectivity index (χ4v) is 1.46. The summed E-state index contributed by atoms with van der Waals surface area (Å²) < 4.78 is 0. The molecule has 1 heterocycles. The summed E-state index contributed by atoms with van der Waals surface area (Å²) in [4.78, 5) is 6.44. The van der Waals surface area contributed by atoms with Crippen molar-refractivity contribution >= 4 is 12.2 Å². The molecular weight excluding hydrogens is 171 g/mol. The van der Waals surface area contributed by atoms with Crippen molar-refractivity contribution in [3.05, 3.63) is 24.0 Å². The first kappa shape index (κ1) is 11.3. The third kappa shape index (κ3) is 3.15. The minimum Gasteiger partial charge on any atom is -0.305 e. The lowest BCUT2D eigenvalue weighted by Crippen LogP contribution is -2.26. The fraction of sp³-hybridized carbons (Fsp3) is 0.545. The summed E-state index contributed by atoms with van der Waals surface area (Å²) in [6, 6.07) is 2.27. The number of aromatic nitrogens is 1. The first-order chi connectivity index (χ1) is 6.63. The second-order valence-corrected chi connectivity index (χ2v) is 4.17. The molecule has 76 valence electrons. The normalized spacial score (nSPS) is 10.6. The van der Waals surface area contributed by atoms with Gasteiger partial charge in [0, 0.05) is 18.9 Å². The molecule has 1 aromatic heterocycles. The largest absolute Gasteiger partial charge is 0.305 e.